The number of rotatable bonds is 6. The third kappa shape index (κ3) is 4.76. The van der Waals surface area contributed by atoms with Gasteiger partial charge in [0.05, 0.1) is 29.0 Å². The summed E-state index contributed by atoms with van der Waals surface area (Å²) in [6.07, 6.45) is 1.65. The third-order valence-corrected chi connectivity index (χ3v) is 6.68. The zero-order valence-electron chi connectivity index (χ0n) is 18.1. The summed E-state index contributed by atoms with van der Waals surface area (Å²) in [6.45, 7) is 1.69. The molecule has 2 N–H and O–H groups in total. The van der Waals surface area contributed by atoms with E-state index in [-0.39, 0.29) is 16.6 Å². The molecule has 0 saturated heterocycles. The van der Waals surface area contributed by atoms with E-state index < -0.39 is 16.0 Å². The molecule has 0 saturated carbocycles. The Bertz CT molecular complexity index is 1430. The van der Waals surface area contributed by atoms with E-state index in [1.54, 1.807) is 48.7 Å². The number of primary sulfonamides is 1. The van der Waals surface area contributed by atoms with Gasteiger partial charge in [0.15, 0.2) is 11.5 Å². The Kier molecular flexibility index (Phi) is 6.33. The van der Waals surface area contributed by atoms with Crippen LogP contribution >= 0.6 is 11.3 Å². The molecule has 0 bridgehead atoms. The minimum absolute atomic E-state index is 0.0636. The van der Waals surface area contributed by atoms with Crippen LogP contribution in [0.4, 0.5) is 5.69 Å². The van der Waals surface area contributed by atoms with Crippen LogP contribution < -0.4 is 19.6 Å². The monoisotopic (exact) mass is 497 g/mol. The van der Waals surface area contributed by atoms with Gasteiger partial charge in [0.2, 0.25) is 10.0 Å². The highest BCUT2D eigenvalue weighted by molar-refractivity contribution is 7.89. The van der Waals surface area contributed by atoms with Crippen LogP contribution in [0.3, 0.4) is 0 Å². The molecule has 4 rings (SSSR count). The third-order valence-electron chi connectivity index (χ3n) is 4.90. The fraction of sp³-hybridized carbons (Fsp3) is 0.0870. The van der Waals surface area contributed by atoms with Gasteiger partial charge in [0.25, 0.3) is 5.91 Å². The fourth-order valence-corrected chi connectivity index (χ4v) is 4.32. The van der Waals surface area contributed by atoms with Crippen molar-refractivity contribution in [3.63, 3.8) is 0 Å². The zero-order valence-corrected chi connectivity index (χ0v) is 19.7. The van der Waals surface area contributed by atoms with Gasteiger partial charge in [-0.05, 0) is 66.4 Å². The summed E-state index contributed by atoms with van der Waals surface area (Å²) in [5.41, 5.74) is 1.86. The van der Waals surface area contributed by atoms with Crippen LogP contribution in [-0.4, -0.2) is 33.1 Å². The Balaban J connectivity index is 1.57. The number of hydrogen-bond donors (Lipinski definition) is 1. The SMILES string of the molecule is COc1cc(C=C2C(=O)N(c3ccc(S(N)(=O)=O)cc3)N=C2C)ccc1OC(=O)c1cccs1. The van der Waals surface area contributed by atoms with Crippen LogP contribution in [0.25, 0.3) is 6.08 Å². The maximum Gasteiger partial charge on any atom is 0.353 e. The number of methoxy groups -OCH3 is 1. The van der Waals surface area contributed by atoms with E-state index in [9.17, 15) is 18.0 Å². The van der Waals surface area contributed by atoms with Gasteiger partial charge in [-0.25, -0.2) is 18.4 Å². The molecule has 9 nitrogen and oxygen atoms in total. The average Bonchev–Trinajstić information content (AvgIpc) is 3.44. The number of benzene rings is 2. The molecule has 0 radical (unpaired) electrons. The maximum atomic E-state index is 13.0. The lowest BCUT2D eigenvalue weighted by Gasteiger charge is -2.12. The Morgan fingerprint density at radius 1 is 1.12 bits per heavy atom. The fourth-order valence-electron chi connectivity index (χ4n) is 3.21. The summed E-state index contributed by atoms with van der Waals surface area (Å²) < 4.78 is 33.7. The van der Waals surface area contributed by atoms with Crippen molar-refractivity contribution in [3.8, 4) is 11.5 Å². The van der Waals surface area contributed by atoms with Crippen molar-refractivity contribution in [2.45, 2.75) is 11.8 Å². The van der Waals surface area contributed by atoms with Gasteiger partial charge in [0, 0.05) is 0 Å². The molecule has 0 atom stereocenters. The van der Waals surface area contributed by atoms with Gasteiger partial charge >= 0.3 is 5.97 Å². The number of anilines is 1. The number of hydrogen-bond acceptors (Lipinski definition) is 8. The summed E-state index contributed by atoms with van der Waals surface area (Å²) in [5.74, 6) is -0.289. The molecular weight excluding hydrogens is 478 g/mol. The molecule has 0 aliphatic carbocycles. The molecule has 1 amide bonds. The molecule has 1 aromatic heterocycles. The molecule has 0 fully saturated rings. The van der Waals surface area contributed by atoms with Crippen molar-refractivity contribution in [2.24, 2.45) is 10.2 Å². The first-order valence-corrected chi connectivity index (χ1v) is 12.3. The second-order valence-electron chi connectivity index (χ2n) is 7.18. The van der Waals surface area contributed by atoms with E-state index in [0.717, 1.165) is 0 Å². The van der Waals surface area contributed by atoms with Crippen LogP contribution in [-0.2, 0) is 14.8 Å². The Morgan fingerprint density at radius 3 is 2.47 bits per heavy atom. The van der Waals surface area contributed by atoms with Gasteiger partial charge in [-0.3, -0.25) is 4.79 Å². The molecule has 0 unspecified atom stereocenters. The van der Waals surface area contributed by atoms with Crippen molar-refractivity contribution in [2.75, 3.05) is 12.1 Å². The molecular formula is C23H19N3O6S2. The van der Waals surface area contributed by atoms with Crippen LogP contribution in [0.1, 0.15) is 22.2 Å². The minimum Gasteiger partial charge on any atom is -0.493 e. The second-order valence-corrected chi connectivity index (χ2v) is 9.69. The molecule has 2 aromatic carbocycles. The van der Waals surface area contributed by atoms with Crippen molar-refractivity contribution in [3.05, 3.63) is 76.0 Å². The lowest BCUT2D eigenvalue weighted by molar-refractivity contribution is -0.114. The van der Waals surface area contributed by atoms with Crippen LogP contribution in [0.2, 0.25) is 0 Å². The van der Waals surface area contributed by atoms with Crippen LogP contribution in [0.15, 0.2) is 75.5 Å². The molecule has 2 heterocycles. The maximum absolute atomic E-state index is 13.0. The Morgan fingerprint density at radius 2 is 1.85 bits per heavy atom. The van der Waals surface area contributed by atoms with E-state index in [2.05, 4.69) is 5.10 Å². The van der Waals surface area contributed by atoms with Crippen LogP contribution in [0, 0.1) is 0 Å². The number of amides is 1. The molecule has 174 valence electrons. The number of nitrogens with two attached hydrogens (primary N) is 1. The summed E-state index contributed by atoms with van der Waals surface area (Å²) in [7, 11) is -2.39. The molecule has 34 heavy (non-hydrogen) atoms. The summed E-state index contributed by atoms with van der Waals surface area (Å²) in [5, 5.41) is 12.4. The zero-order chi connectivity index (χ0) is 24.5. The van der Waals surface area contributed by atoms with E-state index in [4.69, 9.17) is 14.6 Å². The highest BCUT2D eigenvalue weighted by Crippen LogP contribution is 2.31. The Labute approximate surface area is 199 Å². The number of carbonyl (C=O) groups excluding carboxylic acids is 2. The van der Waals surface area contributed by atoms with E-state index in [0.29, 0.717) is 33.2 Å². The minimum atomic E-state index is -3.84. The number of sulfonamides is 1. The number of hydrazone groups is 1. The summed E-state index contributed by atoms with van der Waals surface area (Å²) >= 11 is 1.27. The predicted molar refractivity (Wildman–Crippen MR) is 129 cm³/mol. The normalized spacial score (nSPS) is 14.9. The smallest absolute Gasteiger partial charge is 0.353 e. The van der Waals surface area contributed by atoms with Crippen LogP contribution in [0.5, 0.6) is 11.5 Å². The number of esters is 1. The van der Waals surface area contributed by atoms with Gasteiger partial charge in [-0.15, -0.1) is 11.3 Å². The first kappa shape index (κ1) is 23.4. The second kappa shape index (κ2) is 9.21. The van der Waals surface area contributed by atoms with Gasteiger partial charge < -0.3 is 9.47 Å². The van der Waals surface area contributed by atoms with E-state index >= 15 is 0 Å². The van der Waals surface area contributed by atoms with Gasteiger partial charge in [-0.1, -0.05) is 12.1 Å². The Hall–Kier alpha value is -3.80. The number of thiophene rings is 1. The largest absolute Gasteiger partial charge is 0.493 e. The molecule has 1 aliphatic rings. The van der Waals surface area contributed by atoms with E-state index in [1.165, 1.54) is 47.7 Å². The van der Waals surface area contributed by atoms with Crippen molar-refractivity contribution in [1.29, 1.82) is 0 Å². The summed E-state index contributed by atoms with van der Waals surface area (Å²) in [4.78, 5) is 25.7. The first-order chi connectivity index (χ1) is 16.2. The van der Waals surface area contributed by atoms with Crippen molar-refractivity contribution >= 4 is 50.7 Å². The number of nitrogens with zero attached hydrogens (tertiary/aromatic N) is 2. The number of ether oxygens (including phenoxy) is 2. The lowest BCUT2D eigenvalue weighted by Crippen LogP contribution is -2.21. The van der Waals surface area contributed by atoms with Crippen molar-refractivity contribution < 1.29 is 27.5 Å². The van der Waals surface area contributed by atoms with E-state index in [1.807, 2.05) is 0 Å². The topological polar surface area (TPSA) is 128 Å². The highest BCUT2D eigenvalue weighted by Gasteiger charge is 2.29. The standard InChI is InChI=1S/C23H19N3O6S2/c1-14-18(22(27)26(25-14)16-6-8-17(9-7-16)34(24,29)30)12-15-5-10-19(20(13-15)31-2)32-23(28)21-4-3-11-33-21/h3-13H,1-2H3,(H2,24,29,30). The predicted octanol–water partition coefficient (Wildman–Crippen LogP) is 3.43. The molecule has 0 spiro atoms. The molecule has 1 aliphatic heterocycles. The average molecular weight is 498 g/mol. The van der Waals surface area contributed by atoms with Gasteiger partial charge in [0.1, 0.15) is 4.88 Å². The molecule has 11 heteroatoms. The first-order valence-electron chi connectivity index (χ1n) is 9.85. The lowest BCUT2D eigenvalue weighted by atomic mass is 10.1. The highest BCUT2D eigenvalue weighted by atomic mass is 32.2. The number of carbonyl (C=O) groups is 2. The van der Waals surface area contributed by atoms with Gasteiger partial charge in [-0.2, -0.15) is 10.1 Å². The summed E-state index contributed by atoms with van der Waals surface area (Å²) in [6, 6.07) is 13.9. The molecule has 3 aromatic rings. The van der Waals surface area contributed by atoms with Crippen molar-refractivity contribution in [1.82, 2.24) is 0 Å². The quantitative estimate of drug-likeness (QED) is 0.316.